The van der Waals surface area contributed by atoms with Crippen LogP contribution in [-0.2, 0) is 16.1 Å². The van der Waals surface area contributed by atoms with Crippen LogP contribution in [0, 0.1) is 6.92 Å². The summed E-state index contributed by atoms with van der Waals surface area (Å²) >= 11 is 1.30. The maximum Gasteiger partial charge on any atom is 0.319 e. The summed E-state index contributed by atoms with van der Waals surface area (Å²) in [7, 11) is 1.65. The van der Waals surface area contributed by atoms with Crippen LogP contribution in [0.4, 0.5) is 0 Å². The maximum atomic E-state index is 13.0. The summed E-state index contributed by atoms with van der Waals surface area (Å²) < 4.78 is 6.37. The Morgan fingerprint density at radius 3 is 2.47 bits per heavy atom. The molecule has 1 amide bonds. The molecule has 1 fully saturated rings. The highest BCUT2D eigenvalue weighted by molar-refractivity contribution is 8.01. The quantitative estimate of drug-likeness (QED) is 0.536. The number of aromatic nitrogens is 2. The molecule has 0 aliphatic heterocycles. The summed E-state index contributed by atoms with van der Waals surface area (Å²) in [5.41, 5.74) is 2.14. The van der Waals surface area contributed by atoms with Gasteiger partial charge in [-0.3, -0.25) is 9.59 Å². The number of imidazole rings is 1. The second kappa shape index (κ2) is 10.5. The zero-order valence-corrected chi connectivity index (χ0v) is 20.1. The van der Waals surface area contributed by atoms with E-state index < -0.39 is 10.7 Å². The summed E-state index contributed by atoms with van der Waals surface area (Å²) in [4.78, 5) is 30.0. The third-order valence-electron chi connectivity index (χ3n) is 5.90. The summed E-state index contributed by atoms with van der Waals surface area (Å²) in [6.07, 6.45) is 5.59. The lowest BCUT2D eigenvalue weighted by Crippen LogP contribution is -2.36. The molecule has 0 saturated heterocycles. The summed E-state index contributed by atoms with van der Waals surface area (Å²) in [5, 5.41) is 12.5. The smallest absolute Gasteiger partial charge is 0.319 e. The summed E-state index contributed by atoms with van der Waals surface area (Å²) in [6.45, 7) is 6.39. The highest BCUT2D eigenvalue weighted by atomic mass is 32.2. The minimum Gasteiger partial charge on any atom is -0.480 e. The number of ether oxygens (including phenoxy) is 1. The van der Waals surface area contributed by atoms with Gasteiger partial charge in [0.25, 0.3) is 5.91 Å². The van der Waals surface area contributed by atoms with Crippen LogP contribution in [0.2, 0.25) is 0 Å². The number of benzene rings is 1. The first-order valence-electron chi connectivity index (χ1n) is 11.1. The Balaban J connectivity index is 1.86. The first-order valence-corrected chi connectivity index (χ1v) is 11.9. The van der Waals surface area contributed by atoms with Crippen molar-refractivity contribution in [2.24, 2.45) is 0 Å². The third kappa shape index (κ3) is 5.72. The van der Waals surface area contributed by atoms with Crippen molar-refractivity contribution in [1.82, 2.24) is 14.9 Å². The monoisotopic (exact) mass is 459 g/mol. The average Bonchev–Trinajstić information content (AvgIpc) is 3.09. The van der Waals surface area contributed by atoms with Gasteiger partial charge in [0.05, 0.1) is 6.61 Å². The van der Waals surface area contributed by atoms with Crippen LogP contribution in [0.25, 0.3) is 11.4 Å². The molecule has 0 spiro atoms. The highest BCUT2D eigenvalue weighted by Gasteiger charge is 2.28. The van der Waals surface area contributed by atoms with E-state index in [0.717, 1.165) is 41.8 Å². The molecule has 2 aromatic rings. The number of rotatable bonds is 9. The number of carbonyl (C=O) groups is 2. The molecule has 7 nitrogen and oxygen atoms in total. The predicted molar refractivity (Wildman–Crippen MR) is 126 cm³/mol. The van der Waals surface area contributed by atoms with E-state index in [0.29, 0.717) is 24.7 Å². The molecule has 0 atom stereocenters. The minimum atomic E-state index is -0.917. The average molecular weight is 460 g/mol. The zero-order valence-electron chi connectivity index (χ0n) is 19.3. The zero-order chi connectivity index (χ0) is 23.3. The number of hydrogen-bond acceptors (Lipinski definition) is 5. The van der Waals surface area contributed by atoms with Crippen molar-refractivity contribution in [2.45, 2.75) is 75.1 Å². The van der Waals surface area contributed by atoms with Crippen molar-refractivity contribution in [3.63, 3.8) is 0 Å². The van der Waals surface area contributed by atoms with Gasteiger partial charge >= 0.3 is 5.97 Å². The van der Waals surface area contributed by atoms with Crippen LogP contribution < -0.4 is 5.32 Å². The first kappa shape index (κ1) is 24.3. The van der Waals surface area contributed by atoms with E-state index in [1.807, 2.05) is 35.8 Å². The highest BCUT2D eigenvalue weighted by Crippen LogP contribution is 2.34. The molecule has 1 heterocycles. The van der Waals surface area contributed by atoms with Crippen molar-refractivity contribution in [3.05, 3.63) is 35.7 Å². The number of carboxylic acid groups (broad SMARTS) is 1. The number of thioether (sulfide) groups is 1. The Hall–Kier alpha value is -2.32. The van der Waals surface area contributed by atoms with Gasteiger partial charge in [0.15, 0.2) is 0 Å². The number of carboxylic acids is 1. The fourth-order valence-corrected chi connectivity index (χ4v) is 4.89. The molecule has 1 aromatic carbocycles. The second-order valence-corrected chi connectivity index (χ2v) is 10.5. The molecule has 1 saturated carbocycles. The number of aliphatic carboxylic acids is 1. The summed E-state index contributed by atoms with van der Waals surface area (Å²) in [6, 6.07) is 7.87. The Morgan fingerprint density at radius 1 is 1.22 bits per heavy atom. The Kier molecular flexibility index (Phi) is 8.00. The van der Waals surface area contributed by atoms with E-state index >= 15 is 0 Å². The molecule has 8 heteroatoms. The van der Waals surface area contributed by atoms with Crippen molar-refractivity contribution in [2.75, 3.05) is 13.7 Å². The number of nitrogens with one attached hydrogen (secondary N) is 1. The van der Waals surface area contributed by atoms with Gasteiger partial charge in [0.2, 0.25) is 0 Å². The third-order valence-corrected chi connectivity index (χ3v) is 7.09. The lowest BCUT2D eigenvalue weighted by Gasteiger charge is -2.22. The van der Waals surface area contributed by atoms with Crippen LogP contribution in [0.3, 0.4) is 0 Å². The van der Waals surface area contributed by atoms with Gasteiger partial charge in [0.1, 0.15) is 16.3 Å². The molecule has 0 unspecified atom stereocenters. The van der Waals surface area contributed by atoms with Crippen LogP contribution in [0.1, 0.15) is 62.1 Å². The SMILES string of the molecule is COCCn1c(-c2ccc(SC(C)(C)C(=O)O)cc2)nc(C(=O)NC2CCCCC2)c1C. The minimum absolute atomic E-state index is 0.123. The maximum absolute atomic E-state index is 13.0. The fourth-order valence-electron chi connectivity index (χ4n) is 3.94. The molecule has 0 radical (unpaired) electrons. The van der Waals surface area contributed by atoms with Gasteiger partial charge in [-0.25, -0.2) is 4.98 Å². The van der Waals surface area contributed by atoms with Crippen LogP contribution in [0.5, 0.6) is 0 Å². The van der Waals surface area contributed by atoms with Gasteiger partial charge in [-0.2, -0.15) is 0 Å². The molecule has 32 heavy (non-hydrogen) atoms. The van der Waals surface area contributed by atoms with Crippen LogP contribution in [-0.4, -0.2) is 51.0 Å². The Morgan fingerprint density at radius 2 is 1.88 bits per heavy atom. The number of nitrogens with zero attached hydrogens (tertiary/aromatic N) is 2. The molecular formula is C24H33N3O4S. The van der Waals surface area contributed by atoms with Crippen molar-refractivity contribution in [1.29, 1.82) is 0 Å². The molecule has 1 aliphatic carbocycles. The van der Waals surface area contributed by atoms with Crippen molar-refractivity contribution in [3.8, 4) is 11.4 Å². The molecular weight excluding hydrogens is 426 g/mol. The van der Waals surface area contributed by atoms with Crippen LogP contribution >= 0.6 is 11.8 Å². The number of amides is 1. The van der Waals surface area contributed by atoms with Gasteiger partial charge in [-0.15, -0.1) is 11.8 Å². The first-order chi connectivity index (χ1) is 15.2. The fraction of sp³-hybridized carbons (Fsp3) is 0.542. The lowest BCUT2D eigenvalue weighted by atomic mass is 9.95. The summed E-state index contributed by atoms with van der Waals surface area (Å²) in [5.74, 6) is -0.268. The molecule has 174 valence electrons. The van der Waals surface area contributed by atoms with E-state index in [4.69, 9.17) is 9.72 Å². The number of carbonyl (C=O) groups excluding carboxylic acids is 1. The number of hydrogen-bond donors (Lipinski definition) is 2. The van der Waals surface area contributed by atoms with Crippen molar-refractivity contribution < 1.29 is 19.4 Å². The van der Waals surface area contributed by atoms with E-state index in [1.165, 1.54) is 18.2 Å². The normalized spacial score (nSPS) is 15.0. The van der Waals surface area contributed by atoms with Gasteiger partial charge < -0.3 is 19.7 Å². The predicted octanol–water partition coefficient (Wildman–Crippen LogP) is 4.52. The molecule has 0 bridgehead atoms. The van der Waals surface area contributed by atoms with E-state index in [9.17, 15) is 14.7 Å². The molecule has 3 rings (SSSR count). The van der Waals surface area contributed by atoms with E-state index in [-0.39, 0.29) is 11.9 Å². The standard InChI is InChI=1S/C24H33N3O4S/c1-16-20(22(28)25-18-8-6-5-7-9-18)26-21(27(16)14-15-31-4)17-10-12-19(13-11-17)32-24(2,3)23(29)30/h10-13,18H,5-9,14-15H2,1-4H3,(H,25,28)(H,29,30). The van der Waals surface area contributed by atoms with E-state index in [1.54, 1.807) is 21.0 Å². The molecule has 1 aromatic heterocycles. The van der Waals surface area contributed by atoms with Gasteiger partial charge in [-0.1, -0.05) is 31.4 Å². The topological polar surface area (TPSA) is 93.4 Å². The molecule has 1 aliphatic rings. The van der Waals surface area contributed by atoms with Crippen molar-refractivity contribution >= 4 is 23.6 Å². The largest absolute Gasteiger partial charge is 0.480 e. The molecule has 2 N–H and O–H groups in total. The lowest BCUT2D eigenvalue weighted by molar-refractivity contribution is -0.138. The Bertz CT molecular complexity index is 947. The van der Waals surface area contributed by atoms with E-state index in [2.05, 4.69) is 5.32 Å². The van der Waals surface area contributed by atoms with Crippen LogP contribution in [0.15, 0.2) is 29.2 Å². The number of methoxy groups -OCH3 is 1. The second-order valence-electron chi connectivity index (χ2n) is 8.76. The van der Waals surface area contributed by atoms with Gasteiger partial charge in [-0.05, 0) is 45.7 Å². The van der Waals surface area contributed by atoms with Gasteiger partial charge in [0, 0.05) is 35.8 Å². The Labute approximate surface area is 193 Å².